The molecule has 3 N–H and O–H groups in total. The van der Waals surface area contributed by atoms with Crippen LogP contribution in [0.25, 0.3) is 0 Å². The van der Waals surface area contributed by atoms with E-state index in [0.717, 1.165) is 0 Å². The van der Waals surface area contributed by atoms with E-state index in [1.807, 2.05) is 0 Å². The number of benzene rings is 1. The molecule has 0 aromatic heterocycles. The average molecular weight is 353 g/mol. The van der Waals surface area contributed by atoms with Gasteiger partial charge < -0.3 is 5.32 Å². The summed E-state index contributed by atoms with van der Waals surface area (Å²) in [6.45, 7) is -1.40. The van der Waals surface area contributed by atoms with Gasteiger partial charge in [-0.15, -0.1) is 0 Å². The number of nitrogens with two attached hydrogens (primary N) is 1. The molecular weight excluding hydrogens is 346 g/mol. The van der Waals surface area contributed by atoms with Crippen LogP contribution in [0, 0.1) is 0 Å². The Morgan fingerprint density at radius 1 is 1.26 bits per heavy atom. The fourth-order valence-electron chi connectivity index (χ4n) is 1.11. The van der Waals surface area contributed by atoms with Gasteiger partial charge in [-0.1, -0.05) is 34.8 Å². The number of alkyl halides is 3. The largest absolute Gasteiger partial charge is 0.407 e. The maximum absolute atomic E-state index is 12.1. The van der Waals surface area contributed by atoms with Gasteiger partial charge in [-0.25, -0.2) is 5.84 Å². The van der Waals surface area contributed by atoms with Crippen LogP contribution >= 0.6 is 47.0 Å². The van der Waals surface area contributed by atoms with Gasteiger partial charge in [-0.05, 0) is 24.4 Å². The standard InChI is InChI=1S/C9H7Cl3F3N3S/c10-4-1-5(11)7(6(12)2-4)17-8(19)18(16)3-9(13,14)15/h1-2H,3,16H2,(H,17,19). The van der Waals surface area contributed by atoms with Crippen LogP contribution in [0.4, 0.5) is 18.9 Å². The van der Waals surface area contributed by atoms with Crippen molar-refractivity contribution in [2.45, 2.75) is 6.18 Å². The molecule has 0 atom stereocenters. The van der Waals surface area contributed by atoms with Crippen LogP contribution in [0.5, 0.6) is 0 Å². The topological polar surface area (TPSA) is 41.3 Å². The van der Waals surface area contributed by atoms with Gasteiger partial charge in [0.15, 0.2) is 5.11 Å². The number of nitrogens with zero attached hydrogens (tertiary/aromatic N) is 1. The van der Waals surface area contributed by atoms with Crippen molar-refractivity contribution in [2.75, 3.05) is 11.9 Å². The highest BCUT2D eigenvalue weighted by Crippen LogP contribution is 2.33. The predicted molar refractivity (Wildman–Crippen MR) is 74.6 cm³/mol. The van der Waals surface area contributed by atoms with E-state index in [2.05, 4.69) is 5.32 Å². The molecule has 0 aliphatic carbocycles. The fraction of sp³-hybridized carbons (Fsp3) is 0.222. The van der Waals surface area contributed by atoms with Crippen molar-refractivity contribution in [2.24, 2.45) is 5.84 Å². The summed E-state index contributed by atoms with van der Waals surface area (Å²) >= 11 is 22.1. The first-order valence-electron chi connectivity index (χ1n) is 4.64. The molecule has 1 aromatic carbocycles. The quantitative estimate of drug-likeness (QED) is 0.478. The highest BCUT2D eigenvalue weighted by molar-refractivity contribution is 7.80. The van der Waals surface area contributed by atoms with Gasteiger partial charge in [0.05, 0.1) is 15.7 Å². The second kappa shape index (κ2) is 6.32. The van der Waals surface area contributed by atoms with E-state index < -0.39 is 12.7 Å². The third-order valence-electron chi connectivity index (χ3n) is 1.85. The monoisotopic (exact) mass is 351 g/mol. The number of thiocarbonyl (C=S) groups is 1. The zero-order valence-electron chi connectivity index (χ0n) is 9.06. The minimum Gasteiger partial charge on any atom is -0.329 e. The molecule has 0 amide bonds. The van der Waals surface area contributed by atoms with E-state index in [-0.39, 0.29) is 25.9 Å². The first-order chi connectivity index (χ1) is 8.60. The van der Waals surface area contributed by atoms with Gasteiger partial charge >= 0.3 is 6.18 Å². The molecular formula is C9H7Cl3F3N3S. The Morgan fingerprint density at radius 3 is 2.16 bits per heavy atom. The molecule has 0 saturated carbocycles. The lowest BCUT2D eigenvalue weighted by atomic mass is 10.3. The smallest absolute Gasteiger partial charge is 0.329 e. The molecule has 0 bridgehead atoms. The third-order valence-corrected chi connectivity index (χ3v) is 3.00. The summed E-state index contributed by atoms with van der Waals surface area (Å²) < 4.78 is 36.4. The lowest BCUT2D eigenvalue weighted by molar-refractivity contribution is -0.137. The summed E-state index contributed by atoms with van der Waals surface area (Å²) in [6.07, 6.45) is -4.48. The SMILES string of the molecule is NN(CC(F)(F)F)C(=S)Nc1c(Cl)cc(Cl)cc1Cl. The third kappa shape index (κ3) is 5.19. The average Bonchev–Trinajstić information content (AvgIpc) is 2.20. The molecule has 0 aliphatic heterocycles. The second-order valence-electron chi connectivity index (χ2n) is 3.42. The summed E-state index contributed by atoms with van der Waals surface area (Å²) in [5, 5.41) is 2.90. The molecule has 0 fully saturated rings. The molecule has 1 aromatic rings. The Kier molecular flexibility index (Phi) is 5.52. The predicted octanol–water partition coefficient (Wildman–Crippen LogP) is 4.08. The van der Waals surface area contributed by atoms with Crippen molar-refractivity contribution in [3.63, 3.8) is 0 Å². The van der Waals surface area contributed by atoms with Crippen molar-refractivity contribution >= 4 is 57.8 Å². The van der Waals surface area contributed by atoms with E-state index in [9.17, 15) is 13.2 Å². The molecule has 0 heterocycles. The Labute approximate surface area is 127 Å². The van der Waals surface area contributed by atoms with Crippen LogP contribution in [-0.2, 0) is 0 Å². The molecule has 3 nitrogen and oxygen atoms in total. The van der Waals surface area contributed by atoms with E-state index in [0.29, 0.717) is 5.01 Å². The molecule has 0 aliphatic rings. The van der Waals surface area contributed by atoms with Gasteiger partial charge in [0, 0.05) is 5.02 Å². The van der Waals surface area contributed by atoms with Crippen LogP contribution in [-0.4, -0.2) is 22.8 Å². The lowest BCUT2D eigenvalue weighted by Gasteiger charge is -2.22. The molecule has 1 rings (SSSR count). The number of hydrazine groups is 1. The highest BCUT2D eigenvalue weighted by Gasteiger charge is 2.31. The zero-order chi connectivity index (χ0) is 14.8. The van der Waals surface area contributed by atoms with Gasteiger partial charge in [0.25, 0.3) is 0 Å². The van der Waals surface area contributed by atoms with Crippen molar-refractivity contribution < 1.29 is 13.2 Å². The van der Waals surface area contributed by atoms with Crippen molar-refractivity contribution in [1.29, 1.82) is 0 Å². The molecule has 10 heteroatoms. The number of halogens is 6. The number of anilines is 1. The molecule has 19 heavy (non-hydrogen) atoms. The van der Waals surface area contributed by atoms with Crippen LogP contribution in [0.2, 0.25) is 15.1 Å². The number of rotatable bonds is 2. The minimum atomic E-state index is -4.48. The highest BCUT2D eigenvalue weighted by atomic mass is 35.5. The van der Waals surface area contributed by atoms with Gasteiger partial charge in [-0.3, -0.25) is 5.01 Å². The molecule has 0 unspecified atom stereocenters. The Morgan fingerprint density at radius 2 is 1.74 bits per heavy atom. The Hall–Kier alpha value is -0.470. The van der Waals surface area contributed by atoms with Gasteiger partial charge in [-0.2, -0.15) is 13.2 Å². The van der Waals surface area contributed by atoms with Crippen molar-refractivity contribution in [3.05, 3.63) is 27.2 Å². The second-order valence-corrected chi connectivity index (χ2v) is 5.06. The van der Waals surface area contributed by atoms with Crippen molar-refractivity contribution in [3.8, 4) is 0 Å². The van der Waals surface area contributed by atoms with E-state index >= 15 is 0 Å². The normalized spacial score (nSPS) is 11.3. The maximum atomic E-state index is 12.1. The van der Waals surface area contributed by atoms with Gasteiger partial charge in [0.1, 0.15) is 6.54 Å². The summed E-state index contributed by atoms with van der Waals surface area (Å²) in [7, 11) is 0. The number of hydrogen-bond donors (Lipinski definition) is 2. The summed E-state index contributed by atoms with van der Waals surface area (Å²) in [5.74, 6) is 5.18. The Balaban J connectivity index is 2.83. The van der Waals surface area contributed by atoms with E-state index in [1.165, 1.54) is 12.1 Å². The molecule has 0 spiro atoms. The first kappa shape index (κ1) is 16.6. The van der Waals surface area contributed by atoms with Crippen molar-refractivity contribution in [1.82, 2.24) is 5.01 Å². The summed E-state index contributed by atoms with van der Waals surface area (Å²) in [4.78, 5) is 0. The first-order valence-corrected chi connectivity index (χ1v) is 6.19. The number of nitrogens with one attached hydrogen (secondary N) is 1. The summed E-state index contributed by atoms with van der Waals surface area (Å²) in [6, 6.07) is 2.73. The van der Waals surface area contributed by atoms with E-state index in [4.69, 9.17) is 52.9 Å². The maximum Gasteiger partial charge on any atom is 0.407 e. The van der Waals surface area contributed by atoms with Crippen LogP contribution in [0.15, 0.2) is 12.1 Å². The molecule has 106 valence electrons. The molecule has 0 radical (unpaired) electrons. The van der Waals surface area contributed by atoms with Crippen LogP contribution < -0.4 is 11.2 Å². The van der Waals surface area contributed by atoms with Gasteiger partial charge in [0.2, 0.25) is 0 Å². The zero-order valence-corrected chi connectivity index (χ0v) is 12.1. The summed E-state index contributed by atoms with van der Waals surface area (Å²) in [5.41, 5.74) is 0.135. The Bertz CT molecular complexity index is 472. The number of hydrogen-bond acceptors (Lipinski definition) is 2. The minimum absolute atomic E-state index is 0.111. The lowest BCUT2D eigenvalue weighted by Crippen LogP contribution is -2.46. The van der Waals surface area contributed by atoms with Crippen LogP contribution in [0.3, 0.4) is 0 Å². The van der Waals surface area contributed by atoms with E-state index in [1.54, 1.807) is 0 Å². The molecule has 0 saturated heterocycles. The fourth-order valence-corrected chi connectivity index (χ4v) is 2.18. The van der Waals surface area contributed by atoms with Crippen LogP contribution in [0.1, 0.15) is 0 Å².